The Morgan fingerprint density at radius 1 is 1.23 bits per heavy atom. The summed E-state index contributed by atoms with van der Waals surface area (Å²) in [6, 6.07) is 0. The minimum Gasteiger partial charge on any atom is -0.369 e. The van der Waals surface area contributed by atoms with Crippen LogP contribution in [0.2, 0.25) is 5.02 Å². The predicted molar refractivity (Wildman–Crippen MR) is 108 cm³/mol. The first kappa shape index (κ1) is 15.7. The largest absolute Gasteiger partial charge is 0.369 e. The minimum atomic E-state index is -0.249. The van der Waals surface area contributed by atoms with Gasteiger partial charge in [0, 0.05) is 16.2 Å². The molecule has 0 radical (unpaired) electrons. The number of aromatic amines is 1. The third kappa shape index (κ3) is 1.99. The molecule has 9 heteroatoms. The van der Waals surface area contributed by atoms with E-state index in [-0.39, 0.29) is 17.0 Å². The normalized spacial score (nSPS) is 20.0. The van der Waals surface area contributed by atoms with Crippen molar-refractivity contribution in [1.29, 1.82) is 0 Å². The number of carbonyl (C=O) groups excluding carboxylic acids is 1. The van der Waals surface area contributed by atoms with Crippen molar-refractivity contribution in [2.24, 2.45) is 5.73 Å². The minimum absolute atomic E-state index is 0.00925. The third-order valence-corrected chi connectivity index (χ3v) is 5.99. The van der Waals surface area contributed by atoms with E-state index in [9.17, 15) is 4.79 Å². The molecule has 3 N–H and O–H groups in total. The SMILES string of the molecule is Bc1c(Cl)c(B)c2c3c([nH]c2c1B)C(C(N)=O)CCC3(B)B. The highest BCUT2D eigenvalue weighted by atomic mass is 35.5. The van der Waals surface area contributed by atoms with Gasteiger partial charge in [0.25, 0.3) is 0 Å². The van der Waals surface area contributed by atoms with Gasteiger partial charge in [-0.2, -0.15) is 0 Å². The molecule has 0 fully saturated rings. The van der Waals surface area contributed by atoms with E-state index in [0.29, 0.717) is 0 Å². The van der Waals surface area contributed by atoms with E-state index in [1.165, 1.54) is 10.9 Å². The Hall–Kier alpha value is -1.16. The van der Waals surface area contributed by atoms with Crippen LogP contribution < -0.4 is 22.1 Å². The topological polar surface area (TPSA) is 58.9 Å². The first-order valence-electron chi connectivity index (χ1n) is 7.77. The molecule has 3 rings (SSSR count). The average Bonchev–Trinajstić information content (AvgIpc) is 2.84. The zero-order valence-electron chi connectivity index (χ0n) is 13.9. The average molecular weight is 308 g/mol. The summed E-state index contributed by atoms with van der Waals surface area (Å²) in [5.41, 5.74) is 12.3. The monoisotopic (exact) mass is 308 g/mol. The smallest absolute Gasteiger partial charge is 0.226 e. The van der Waals surface area contributed by atoms with Gasteiger partial charge in [0.05, 0.1) is 5.92 Å². The lowest BCUT2D eigenvalue weighted by Crippen LogP contribution is -2.38. The lowest BCUT2D eigenvalue weighted by atomic mass is 9.45. The number of primary amides is 1. The van der Waals surface area contributed by atoms with Gasteiger partial charge < -0.3 is 10.7 Å². The number of amides is 1. The Morgan fingerprint density at radius 3 is 2.45 bits per heavy atom. The van der Waals surface area contributed by atoms with Crippen molar-refractivity contribution in [3.8, 4) is 0 Å². The molecule has 0 saturated carbocycles. The standard InChI is InChI=1S/C13H18B5ClN2O/c14-6-4-5-10(3(12(20)22)1-2-13(5,17)18)21-11(4)8(16)7(15)9(6)19/h3,21H,1-2,14-18H2,(H2,20,22). The predicted octanol–water partition coefficient (Wildman–Crippen LogP) is -4.62. The molecule has 0 saturated heterocycles. The summed E-state index contributed by atoms with van der Waals surface area (Å²) < 4.78 is 0. The highest BCUT2D eigenvalue weighted by Gasteiger charge is 2.38. The molecule has 0 aliphatic heterocycles. The second-order valence-electron chi connectivity index (χ2n) is 7.23. The van der Waals surface area contributed by atoms with E-state index in [2.05, 4.69) is 36.4 Å². The number of nitrogens with two attached hydrogens (primary N) is 1. The molecule has 3 nitrogen and oxygen atoms in total. The number of aromatic nitrogens is 1. The Labute approximate surface area is 140 Å². The van der Waals surface area contributed by atoms with Crippen LogP contribution in [0.4, 0.5) is 0 Å². The van der Waals surface area contributed by atoms with E-state index in [0.717, 1.165) is 45.5 Å². The number of benzene rings is 1. The van der Waals surface area contributed by atoms with Crippen LogP contribution in [0.3, 0.4) is 0 Å². The van der Waals surface area contributed by atoms with Gasteiger partial charge in [-0.25, -0.2) is 0 Å². The zero-order chi connectivity index (χ0) is 16.4. The Morgan fingerprint density at radius 2 is 1.86 bits per heavy atom. The molecule has 1 heterocycles. The summed E-state index contributed by atoms with van der Waals surface area (Å²) in [4.78, 5) is 15.4. The molecule has 0 bridgehead atoms. The maximum Gasteiger partial charge on any atom is 0.226 e. The maximum atomic E-state index is 11.9. The summed E-state index contributed by atoms with van der Waals surface area (Å²) >= 11 is 6.55. The molecule has 1 atom stereocenters. The maximum absolute atomic E-state index is 11.9. The van der Waals surface area contributed by atoms with Crippen LogP contribution in [0, 0.1) is 0 Å². The molecule has 0 spiro atoms. The molecule has 1 unspecified atom stereocenters. The Kier molecular flexibility index (Phi) is 3.52. The summed E-state index contributed by atoms with van der Waals surface area (Å²) in [5, 5.41) is 2.01. The third-order valence-electron chi connectivity index (χ3n) is 5.43. The zero-order valence-corrected chi connectivity index (χ0v) is 14.6. The van der Waals surface area contributed by atoms with Crippen LogP contribution in [0.15, 0.2) is 0 Å². The second-order valence-corrected chi connectivity index (χ2v) is 7.61. The number of hydrogen-bond acceptors (Lipinski definition) is 1. The molecular formula is C13H18B5ClN2O. The molecule has 1 aromatic carbocycles. The van der Waals surface area contributed by atoms with E-state index in [4.69, 9.17) is 17.3 Å². The van der Waals surface area contributed by atoms with Gasteiger partial charge in [0.2, 0.25) is 5.91 Å². The van der Waals surface area contributed by atoms with Gasteiger partial charge in [0.15, 0.2) is 0 Å². The molecule has 1 amide bonds. The highest BCUT2D eigenvalue weighted by Crippen LogP contribution is 2.42. The fraction of sp³-hybridized carbons (Fsp3) is 0.308. The van der Waals surface area contributed by atoms with Crippen LogP contribution in [-0.4, -0.2) is 50.1 Å². The molecule has 22 heavy (non-hydrogen) atoms. The molecular weight excluding hydrogens is 290 g/mol. The number of hydrogen-bond donors (Lipinski definition) is 2. The Bertz CT molecular complexity index is 817. The highest BCUT2D eigenvalue weighted by molar-refractivity contribution is 6.63. The molecule has 2 aromatic rings. The first-order valence-corrected chi connectivity index (χ1v) is 8.15. The van der Waals surface area contributed by atoms with Crippen molar-refractivity contribution in [3.63, 3.8) is 0 Å². The van der Waals surface area contributed by atoms with Crippen LogP contribution in [0.5, 0.6) is 0 Å². The van der Waals surface area contributed by atoms with Crippen LogP contribution in [0.25, 0.3) is 10.9 Å². The van der Waals surface area contributed by atoms with E-state index in [1.807, 2.05) is 7.85 Å². The lowest BCUT2D eigenvalue weighted by Gasteiger charge is -2.34. The summed E-state index contributed by atoms with van der Waals surface area (Å²) in [6.07, 6.45) is 1.75. The molecule has 1 aromatic heterocycles. The van der Waals surface area contributed by atoms with Crippen LogP contribution in [-0.2, 0) is 10.0 Å². The number of H-pyrrole nitrogens is 1. The quantitative estimate of drug-likeness (QED) is 0.512. The fourth-order valence-electron chi connectivity index (χ4n) is 3.94. The number of fused-ring (bicyclic) bond motifs is 3. The van der Waals surface area contributed by atoms with Gasteiger partial charge in [-0.3, -0.25) is 4.79 Å². The van der Waals surface area contributed by atoms with Gasteiger partial charge in [0.1, 0.15) is 39.2 Å². The van der Waals surface area contributed by atoms with Crippen molar-refractivity contribution in [1.82, 2.24) is 4.98 Å². The van der Waals surface area contributed by atoms with Gasteiger partial charge in [-0.1, -0.05) is 39.6 Å². The van der Waals surface area contributed by atoms with Crippen molar-refractivity contribution in [2.45, 2.75) is 24.0 Å². The lowest BCUT2D eigenvalue weighted by molar-refractivity contribution is -0.119. The first-order chi connectivity index (χ1) is 10.2. The summed E-state index contributed by atoms with van der Waals surface area (Å²) in [5.74, 6) is -0.477. The van der Waals surface area contributed by atoms with E-state index in [1.54, 1.807) is 0 Å². The molecule has 1 aliphatic carbocycles. The second kappa shape index (κ2) is 4.92. The van der Waals surface area contributed by atoms with Crippen molar-refractivity contribution < 1.29 is 4.79 Å². The van der Waals surface area contributed by atoms with Crippen molar-refractivity contribution >= 4 is 84.0 Å². The Balaban J connectivity index is 2.49. The van der Waals surface area contributed by atoms with Crippen LogP contribution >= 0.6 is 11.6 Å². The van der Waals surface area contributed by atoms with Gasteiger partial charge in [-0.15, -0.1) is 0 Å². The van der Waals surface area contributed by atoms with Gasteiger partial charge in [-0.05, 0) is 17.4 Å². The molecule has 1 aliphatic rings. The molecule has 108 valence electrons. The van der Waals surface area contributed by atoms with E-state index >= 15 is 0 Å². The van der Waals surface area contributed by atoms with Crippen LogP contribution in [0.1, 0.15) is 30.0 Å². The summed E-state index contributed by atoms with van der Waals surface area (Å²) in [6.45, 7) is 0. The summed E-state index contributed by atoms with van der Waals surface area (Å²) in [7, 11) is 10.7. The van der Waals surface area contributed by atoms with E-state index < -0.39 is 0 Å². The van der Waals surface area contributed by atoms with Crippen molar-refractivity contribution in [3.05, 3.63) is 16.3 Å². The fourth-order valence-corrected chi connectivity index (χ4v) is 4.18. The number of rotatable bonds is 1. The number of carbonyl (C=O) groups is 1. The number of nitrogens with one attached hydrogen (secondary N) is 1. The van der Waals surface area contributed by atoms with Crippen molar-refractivity contribution in [2.75, 3.05) is 0 Å². The number of halogens is 1. The van der Waals surface area contributed by atoms with Gasteiger partial charge >= 0.3 is 0 Å².